The number of rotatable bonds is 3. The van der Waals surface area contributed by atoms with Gasteiger partial charge >= 0.3 is 0 Å². The Morgan fingerprint density at radius 3 is 1.36 bits per heavy atom. The Morgan fingerprint density at radius 1 is 0.682 bits per heavy atom. The zero-order valence-corrected chi connectivity index (χ0v) is 15.5. The summed E-state index contributed by atoms with van der Waals surface area (Å²) in [7, 11) is 0. The summed E-state index contributed by atoms with van der Waals surface area (Å²) in [6.45, 7) is 13.6. The standard InChI is InChI=1S/C20H38O2/c1-11(2)18(16-9-12(3)7-14(5)19(16)21)17-10-13(4)8-15(6)20(17)22/h11-22H,7-10H2,1-6H3. The Kier molecular flexibility index (Phi) is 5.99. The van der Waals surface area contributed by atoms with Gasteiger partial charge in [0.25, 0.3) is 0 Å². The lowest BCUT2D eigenvalue weighted by molar-refractivity contribution is -0.0928. The highest BCUT2D eigenvalue weighted by Crippen LogP contribution is 2.48. The minimum Gasteiger partial charge on any atom is -0.393 e. The summed E-state index contributed by atoms with van der Waals surface area (Å²) >= 11 is 0. The molecule has 2 saturated carbocycles. The molecule has 0 radical (unpaired) electrons. The van der Waals surface area contributed by atoms with Crippen LogP contribution in [0.2, 0.25) is 0 Å². The summed E-state index contributed by atoms with van der Waals surface area (Å²) in [5.74, 6) is 3.86. The van der Waals surface area contributed by atoms with Crippen LogP contribution >= 0.6 is 0 Å². The minimum atomic E-state index is -0.191. The van der Waals surface area contributed by atoms with Crippen LogP contribution in [0.1, 0.15) is 67.2 Å². The molecular weight excluding hydrogens is 272 g/mol. The van der Waals surface area contributed by atoms with Crippen molar-refractivity contribution in [3.8, 4) is 0 Å². The van der Waals surface area contributed by atoms with Crippen LogP contribution in [-0.2, 0) is 0 Å². The minimum absolute atomic E-state index is 0.191. The van der Waals surface area contributed by atoms with Crippen LogP contribution in [0, 0.1) is 47.3 Å². The largest absolute Gasteiger partial charge is 0.393 e. The first-order valence-electron chi connectivity index (χ1n) is 9.58. The molecule has 2 heteroatoms. The van der Waals surface area contributed by atoms with Gasteiger partial charge in [0.1, 0.15) is 0 Å². The highest BCUT2D eigenvalue weighted by atomic mass is 16.3. The lowest BCUT2D eigenvalue weighted by Gasteiger charge is -2.49. The van der Waals surface area contributed by atoms with Crippen LogP contribution in [0.4, 0.5) is 0 Å². The molecule has 130 valence electrons. The molecule has 0 aliphatic heterocycles. The van der Waals surface area contributed by atoms with Gasteiger partial charge in [0, 0.05) is 0 Å². The molecule has 2 rings (SSSR count). The van der Waals surface area contributed by atoms with Gasteiger partial charge in [-0.15, -0.1) is 0 Å². The molecule has 2 nitrogen and oxygen atoms in total. The topological polar surface area (TPSA) is 40.5 Å². The Balaban J connectivity index is 2.25. The Labute approximate surface area is 137 Å². The van der Waals surface area contributed by atoms with Crippen molar-refractivity contribution in [2.24, 2.45) is 47.3 Å². The third-order valence-electron chi connectivity index (χ3n) is 6.70. The van der Waals surface area contributed by atoms with Gasteiger partial charge in [0.15, 0.2) is 0 Å². The molecule has 0 aromatic rings. The Hall–Kier alpha value is -0.0800. The van der Waals surface area contributed by atoms with Crippen LogP contribution in [0.25, 0.3) is 0 Å². The van der Waals surface area contributed by atoms with Crippen molar-refractivity contribution in [1.82, 2.24) is 0 Å². The van der Waals surface area contributed by atoms with Gasteiger partial charge in [-0.2, -0.15) is 0 Å². The van der Waals surface area contributed by atoms with Gasteiger partial charge in [-0.05, 0) is 73.0 Å². The summed E-state index contributed by atoms with van der Waals surface area (Å²) in [5, 5.41) is 21.7. The molecule has 2 N–H and O–H groups in total. The van der Waals surface area contributed by atoms with Crippen LogP contribution < -0.4 is 0 Å². The van der Waals surface area contributed by atoms with E-state index in [1.54, 1.807) is 0 Å². The molecule has 8 atom stereocenters. The molecule has 0 saturated heterocycles. The first-order chi connectivity index (χ1) is 10.2. The summed E-state index contributed by atoms with van der Waals surface area (Å²) in [6.07, 6.45) is 4.15. The van der Waals surface area contributed by atoms with E-state index in [0.717, 1.165) is 25.7 Å². The van der Waals surface area contributed by atoms with Gasteiger partial charge in [-0.25, -0.2) is 0 Å². The second kappa shape index (κ2) is 7.21. The molecule has 0 spiro atoms. The smallest absolute Gasteiger partial charge is 0.0596 e. The molecule has 0 heterocycles. The van der Waals surface area contributed by atoms with Crippen molar-refractivity contribution < 1.29 is 10.2 Å². The highest BCUT2D eigenvalue weighted by molar-refractivity contribution is 4.95. The van der Waals surface area contributed by atoms with Gasteiger partial charge in [0.05, 0.1) is 12.2 Å². The first kappa shape index (κ1) is 18.3. The van der Waals surface area contributed by atoms with E-state index in [4.69, 9.17) is 0 Å². The van der Waals surface area contributed by atoms with E-state index in [0.29, 0.717) is 47.3 Å². The van der Waals surface area contributed by atoms with E-state index < -0.39 is 0 Å². The number of aliphatic hydroxyl groups is 2. The highest BCUT2D eigenvalue weighted by Gasteiger charge is 2.46. The van der Waals surface area contributed by atoms with Crippen molar-refractivity contribution in [3.05, 3.63) is 0 Å². The zero-order valence-electron chi connectivity index (χ0n) is 15.5. The lowest BCUT2D eigenvalue weighted by atomic mass is 9.58. The van der Waals surface area contributed by atoms with Gasteiger partial charge in [-0.3, -0.25) is 0 Å². The molecule has 0 aromatic carbocycles. The molecule has 0 aromatic heterocycles. The maximum atomic E-state index is 10.8. The normalized spacial score (nSPS) is 48.4. The molecule has 2 aliphatic carbocycles. The molecule has 0 bridgehead atoms. The van der Waals surface area contributed by atoms with E-state index in [1.807, 2.05) is 0 Å². The second-order valence-corrected chi connectivity index (χ2v) is 9.24. The van der Waals surface area contributed by atoms with E-state index >= 15 is 0 Å². The summed E-state index contributed by atoms with van der Waals surface area (Å²) in [6, 6.07) is 0. The number of hydrogen-bond donors (Lipinski definition) is 2. The summed E-state index contributed by atoms with van der Waals surface area (Å²) in [5.41, 5.74) is 0. The fourth-order valence-electron chi connectivity index (χ4n) is 5.87. The van der Waals surface area contributed by atoms with Crippen LogP contribution in [0.5, 0.6) is 0 Å². The monoisotopic (exact) mass is 310 g/mol. The van der Waals surface area contributed by atoms with Crippen molar-refractivity contribution >= 4 is 0 Å². The molecule has 8 unspecified atom stereocenters. The van der Waals surface area contributed by atoms with Gasteiger partial charge < -0.3 is 10.2 Å². The van der Waals surface area contributed by atoms with Crippen LogP contribution in [0.15, 0.2) is 0 Å². The van der Waals surface area contributed by atoms with E-state index in [9.17, 15) is 10.2 Å². The van der Waals surface area contributed by atoms with E-state index in [-0.39, 0.29) is 12.2 Å². The quantitative estimate of drug-likeness (QED) is 0.814. The predicted molar refractivity (Wildman–Crippen MR) is 92.4 cm³/mol. The maximum Gasteiger partial charge on any atom is 0.0596 e. The van der Waals surface area contributed by atoms with Crippen molar-refractivity contribution in [1.29, 1.82) is 0 Å². The van der Waals surface area contributed by atoms with E-state index in [1.165, 1.54) is 0 Å². The number of aliphatic hydroxyl groups excluding tert-OH is 2. The molecule has 2 aliphatic rings. The SMILES string of the molecule is CC1CC(C)C(O)C(C(C(C)C)C2CC(C)CC(C)C2O)C1. The van der Waals surface area contributed by atoms with Gasteiger partial charge in [0.2, 0.25) is 0 Å². The van der Waals surface area contributed by atoms with E-state index in [2.05, 4.69) is 41.5 Å². The lowest BCUT2D eigenvalue weighted by Crippen LogP contribution is -2.48. The van der Waals surface area contributed by atoms with Crippen LogP contribution in [-0.4, -0.2) is 22.4 Å². The third kappa shape index (κ3) is 3.70. The molecular formula is C20H38O2. The summed E-state index contributed by atoms with van der Waals surface area (Å²) < 4.78 is 0. The average Bonchev–Trinajstić information content (AvgIpc) is 2.40. The van der Waals surface area contributed by atoms with Crippen molar-refractivity contribution in [2.75, 3.05) is 0 Å². The fourth-order valence-corrected chi connectivity index (χ4v) is 5.87. The maximum absolute atomic E-state index is 10.8. The Bertz CT molecular complexity index is 324. The van der Waals surface area contributed by atoms with Crippen LogP contribution in [0.3, 0.4) is 0 Å². The molecule has 0 amide bonds. The summed E-state index contributed by atoms with van der Waals surface area (Å²) in [4.78, 5) is 0. The predicted octanol–water partition coefficient (Wildman–Crippen LogP) is 4.34. The van der Waals surface area contributed by atoms with Crippen molar-refractivity contribution in [3.63, 3.8) is 0 Å². The third-order valence-corrected chi connectivity index (χ3v) is 6.70. The first-order valence-corrected chi connectivity index (χ1v) is 9.58. The van der Waals surface area contributed by atoms with Gasteiger partial charge in [-0.1, -0.05) is 41.5 Å². The molecule has 2 fully saturated rings. The fraction of sp³-hybridized carbons (Fsp3) is 1.00. The van der Waals surface area contributed by atoms with Crippen molar-refractivity contribution in [2.45, 2.75) is 79.4 Å². The zero-order chi connectivity index (χ0) is 16.6. The number of hydrogen-bond acceptors (Lipinski definition) is 2. The molecule has 22 heavy (non-hydrogen) atoms. The second-order valence-electron chi connectivity index (χ2n) is 9.24. The average molecular weight is 311 g/mol. The Morgan fingerprint density at radius 2 is 1.05 bits per heavy atom.